The van der Waals surface area contributed by atoms with Crippen molar-refractivity contribution in [2.45, 2.75) is 18.7 Å². The van der Waals surface area contributed by atoms with Crippen LogP contribution in [-0.4, -0.2) is 10.7 Å². The molecule has 0 aromatic heterocycles. The first-order chi connectivity index (χ1) is 10.1. The molecule has 0 bridgehead atoms. The van der Waals surface area contributed by atoms with E-state index < -0.39 is 0 Å². The van der Waals surface area contributed by atoms with Crippen LogP contribution >= 0.6 is 15.9 Å². The molecule has 0 aliphatic carbocycles. The Morgan fingerprint density at radius 2 is 1.57 bits per heavy atom. The van der Waals surface area contributed by atoms with Crippen molar-refractivity contribution in [3.8, 4) is 11.5 Å². The van der Waals surface area contributed by atoms with Crippen molar-refractivity contribution in [3.05, 3.63) is 54.6 Å². The van der Waals surface area contributed by atoms with Gasteiger partial charge in [-0.2, -0.15) is 0 Å². The van der Waals surface area contributed by atoms with Gasteiger partial charge in [-0.1, -0.05) is 48.0 Å². The summed E-state index contributed by atoms with van der Waals surface area (Å²) in [4.78, 5) is 11.7. The number of halogens is 1. The van der Waals surface area contributed by atoms with Gasteiger partial charge in [-0.25, -0.2) is 0 Å². The third kappa shape index (κ3) is 4.60. The zero-order chi connectivity index (χ0) is 15.2. The van der Waals surface area contributed by atoms with Gasteiger partial charge in [-0.05, 0) is 42.3 Å². The number of hydrogen-bond donors (Lipinski definition) is 1. The van der Waals surface area contributed by atoms with Crippen molar-refractivity contribution in [1.82, 2.24) is 0 Å². The quantitative estimate of drug-likeness (QED) is 0.786. The van der Waals surface area contributed by atoms with Crippen LogP contribution in [0.25, 0.3) is 0 Å². The number of carbonyl (C=O) groups is 1. The van der Waals surface area contributed by atoms with E-state index >= 15 is 0 Å². The number of alkyl halides is 1. The largest absolute Gasteiger partial charge is 0.457 e. The Morgan fingerprint density at radius 1 is 1.00 bits per heavy atom. The van der Waals surface area contributed by atoms with E-state index in [1.165, 1.54) is 0 Å². The topological polar surface area (TPSA) is 38.3 Å². The third-order valence-electron chi connectivity index (χ3n) is 2.94. The average Bonchev–Trinajstić information content (AvgIpc) is 2.49. The Bertz CT molecular complexity index is 581. The molecule has 2 aromatic rings. The first-order valence-electron chi connectivity index (χ1n) is 6.84. The SMILES string of the molecule is CC(C)[C@@H](Br)C(=O)Nc1ccc(Oc2ccccc2)cc1. The molecule has 0 aliphatic rings. The Hall–Kier alpha value is -1.81. The maximum atomic E-state index is 11.9. The van der Waals surface area contributed by atoms with Crippen LogP contribution in [0.15, 0.2) is 54.6 Å². The number of amides is 1. The minimum Gasteiger partial charge on any atom is -0.457 e. The molecule has 1 N–H and O–H groups in total. The molecule has 1 atom stereocenters. The smallest absolute Gasteiger partial charge is 0.238 e. The van der Waals surface area contributed by atoms with Crippen LogP contribution in [0, 0.1) is 5.92 Å². The van der Waals surface area contributed by atoms with Gasteiger partial charge in [0.25, 0.3) is 0 Å². The van der Waals surface area contributed by atoms with Gasteiger partial charge >= 0.3 is 0 Å². The monoisotopic (exact) mass is 347 g/mol. The molecule has 4 heteroatoms. The number of hydrogen-bond acceptors (Lipinski definition) is 2. The second-order valence-electron chi connectivity index (χ2n) is 5.07. The normalized spacial score (nSPS) is 12.0. The van der Waals surface area contributed by atoms with Gasteiger partial charge in [-0.3, -0.25) is 4.79 Å². The van der Waals surface area contributed by atoms with Crippen LogP contribution in [0.3, 0.4) is 0 Å². The van der Waals surface area contributed by atoms with Crippen LogP contribution < -0.4 is 10.1 Å². The molecule has 0 heterocycles. The van der Waals surface area contributed by atoms with Gasteiger partial charge in [0.1, 0.15) is 11.5 Å². The Balaban J connectivity index is 1.98. The van der Waals surface area contributed by atoms with Gasteiger partial charge in [0, 0.05) is 5.69 Å². The van der Waals surface area contributed by atoms with E-state index in [-0.39, 0.29) is 16.7 Å². The molecule has 1 amide bonds. The van der Waals surface area contributed by atoms with Crippen LogP contribution in [0.5, 0.6) is 11.5 Å². The molecule has 21 heavy (non-hydrogen) atoms. The number of rotatable bonds is 5. The molecule has 0 radical (unpaired) electrons. The minimum absolute atomic E-state index is 0.0401. The van der Waals surface area contributed by atoms with Crippen LogP contribution in [-0.2, 0) is 4.79 Å². The molecule has 2 rings (SSSR count). The summed E-state index contributed by atoms with van der Waals surface area (Å²) in [7, 11) is 0. The molecule has 0 aliphatic heterocycles. The Kier molecular flexibility index (Phi) is 5.39. The van der Waals surface area contributed by atoms with E-state index in [4.69, 9.17) is 4.74 Å². The second kappa shape index (κ2) is 7.27. The van der Waals surface area contributed by atoms with E-state index in [2.05, 4.69) is 21.2 Å². The number of carbonyl (C=O) groups excluding carboxylic acids is 1. The molecule has 0 unspecified atom stereocenters. The summed E-state index contributed by atoms with van der Waals surface area (Å²) < 4.78 is 5.70. The molecule has 0 saturated carbocycles. The molecular formula is C17H18BrNO2. The molecule has 0 fully saturated rings. The van der Waals surface area contributed by atoms with Crippen molar-refractivity contribution < 1.29 is 9.53 Å². The summed E-state index contributed by atoms with van der Waals surface area (Å²) in [5, 5.41) is 2.87. The van der Waals surface area contributed by atoms with Crippen LogP contribution in [0.4, 0.5) is 5.69 Å². The second-order valence-corrected chi connectivity index (χ2v) is 6.06. The fourth-order valence-electron chi connectivity index (χ4n) is 1.74. The predicted octanol–water partition coefficient (Wildman–Crippen LogP) is 4.84. The molecule has 3 nitrogen and oxygen atoms in total. The lowest BCUT2D eigenvalue weighted by Gasteiger charge is -2.14. The summed E-state index contributed by atoms with van der Waals surface area (Å²) in [5.41, 5.74) is 0.755. The fraction of sp³-hybridized carbons (Fsp3) is 0.235. The lowest BCUT2D eigenvalue weighted by molar-refractivity contribution is -0.116. The molecular weight excluding hydrogens is 330 g/mol. The number of para-hydroxylation sites is 1. The van der Waals surface area contributed by atoms with E-state index in [0.717, 1.165) is 17.2 Å². The predicted molar refractivity (Wildman–Crippen MR) is 89.1 cm³/mol. The van der Waals surface area contributed by atoms with E-state index in [0.29, 0.717) is 0 Å². The third-order valence-corrected chi connectivity index (χ3v) is 4.41. The molecule has 2 aromatic carbocycles. The van der Waals surface area contributed by atoms with Crippen molar-refractivity contribution in [1.29, 1.82) is 0 Å². The van der Waals surface area contributed by atoms with Gasteiger partial charge in [-0.15, -0.1) is 0 Å². The summed E-state index contributed by atoms with van der Waals surface area (Å²) in [6, 6.07) is 16.9. The van der Waals surface area contributed by atoms with Gasteiger partial charge in [0.05, 0.1) is 4.83 Å². The van der Waals surface area contributed by atoms with Crippen LogP contribution in [0.1, 0.15) is 13.8 Å². The highest BCUT2D eigenvalue weighted by molar-refractivity contribution is 9.10. The first kappa shape index (κ1) is 15.6. The molecule has 110 valence electrons. The molecule has 0 saturated heterocycles. The van der Waals surface area contributed by atoms with Crippen LogP contribution in [0.2, 0.25) is 0 Å². The maximum absolute atomic E-state index is 11.9. The summed E-state index contributed by atoms with van der Waals surface area (Å²) in [5.74, 6) is 1.72. The number of nitrogens with one attached hydrogen (secondary N) is 1. The standard InChI is InChI=1S/C17H18BrNO2/c1-12(2)16(18)17(20)19-13-8-10-15(11-9-13)21-14-6-4-3-5-7-14/h3-12,16H,1-2H3,(H,19,20)/t16-/m1/s1. The zero-order valence-electron chi connectivity index (χ0n) is 12.0. The van der Waals surface area contributed by atoms with Crippen molar-refractivity contribution >= 4 is 27.5 Å². The van der Waals surface area contributed by atoms with E-state index in [1.54, 1.807) is 0 Å². The minimum atomic E-state index is -0.197. The van der Waals surface area contributed by atoms with Gasteiger partial charge in [0.2, 0.25) is 5.91 Å². The number of benzene rings is 2. The molecule has 0 spiro atoms. The lowest BCUT2D eigenvalue weighted by Crippen LogP contribution is -2.26. The Labute approximate surface area is 133 Å². The van der Waals surface area contributed by atoms with Crippen molar-refractivity contribution in [2.75, 3.05) is 5.32 Å². The summed E-state index contributed by atoms with van der Waals surface area (Å²) >= 11 is 3.39. The van der Waals surface area contributed by atoms with Crippen molar-refractivity contribution in [3.63, 3.8) is 0 Å². The van der Waals surface area contributed by atoms with E-state index in [1.807, 2.05) is 68.4 Å². The van der Waals surface area contributed by atoms with E-state index in [9.17, 15) is 4.79 Å². The number of ether oxygens (including phenoxy) is 1. The number of anilines is 1. The fourth-order valence-corrected chi connectivity index (χ4v) is 1.86. The highest BCUT2D eigenvalue weighted by Gasteiger charge is 2.18. The Morgan fingerprint density at radius 3 is 2.14 bits per heavy atom. The summed E-state index contributed by atoms with van der Waals surface area (Å²) in [6.45, 7) is 3.99. The highest BCUT2D eigenvalue weighted by atomic mass is 79.9. The van der Waals surface area contributed by atoms with Crippen molar-refractivity contribution in [2.24, 2.45) is 5.92 Å². The van der Waals surface area contributed by atoms with Gasteiger partial charge in [0.15, 0.2) is 0 Å². The zero-order valence-corrected chi connectivity index (χ0v) is 13.6. The highest BCUT2D eigenvalue weighted by Crippen LogP contribution is 2.23. The lowest BCUT2D eigenvalue weighted by atomic mass is 10.1. The maximum Gasteiger partial charge on any atom is 0.238 e. The van der Waals surface area contributed by atoms with Gasteiger partial charge < -0.3 is 10.1 Å². The average molecular weight is 348 g/mol. The first-order valence-corrected chi connectivity index (χ1v) is 7.76. The summed E-state index contributed by atoms with van der Waals surface area (Å²) in [6.07, 6.45) is 0.